The molecule has 0 aliphatic rings. The molecule has 3 heteroatoms. The van der Waals surface area contributed by atoms with Crippen molar-refractivity contribution < 1.29 is 4.39 Å². The molecule has 0 aliphatic heterocycles. The van der Waals surface area contributed by atoms with Gasteiger partial charge in [-0.2, -0.15) is 0 Å². The largest absolute Gasteiger partial charge is 0.248 e. The lowest BCUT2D eigenvalue weighted by Crippen LogP contribution is -1.93. The van der Waals surface area contributed by atoms with E-state index in [1.807, 2.05) is 18.5 Å². The van der Waals surface area contributed by atoms with Gasteiger partial charge in [-0.05, 0) is 60.6 Å². The number of fused-ring (bicyclic) bond motifs is 1. The summed E-state index contributed by atoms with van der Waals surface area (Å²) in [7, 11) is 0. The summed E-state index contributed by atoms with van der Waals surface area (Å²) in [6.07, 6.45) is 10.6. The molecule has 2 nitrogen and oxygen atoms in total. The summed E-state index contributed by atoms with van der Waals surface area (Å²) in [6, 6.07) is 13.0. The van der Waals surface area contributed by atoms with Gasteiger partial charge in [0.25, 0.3) is 0 Å². The first-order chi connectivity index (χ1) is 13.2. The van der Waals surface area contributed by atoms with Crippen molar-refractivity contribution in [2.45, 2.75) is 51.6 Å². The maximum Gasteiger partial charge on any atom is 0.159 e. The van der Waals surface area contributed by atoms with Gasteiger partial charge in [0, 0.05) is 18.0 Å². The Bertz CT molecular complexity index is 885. The molecule has 1 heterocycles. The van der Waals surface area contributed by atoms with Gasteiger partial charge in [0.15, 0.2) is 5.82 Å². The van der Waals surface area contributed by atoms with Crippen LogP contribution in [0.15, 0.2) is 61.4 Å². The molecule has 0 saturated heterocycles. The highest BCUT2D eigenvalue weighted by atomic mass is 19.1. The molecule has 0 amide bonds. The van der Waals surface area contributed by atoms with Crippen LogP contribution in [0.1, 0.15) is 43.7 Å². The highest BCUT2D eigenvalue weighted by Gasteiger charge is 2.04. The standard InChI is InChI=1S/C24H27FN2/c1-3-7-20-16-26-24(27-17-20)23-13-12-21-14-19(10-11-22(21)15-23)9-6-4-5-8-18(2)25/h3,10-18H,1,4-9H2,2H3. The lowest BCUT2D eigenvalue weighted by Gasteiger charge is -2.07. The Morgan fingerprint density at radius 2 is 1.70 bits per heavy atom. The topological polar surface area (TPSA) is 25.8 Å². The summed E-state index contributed by atoms with van der Waals surface area (Å²) >= 11 is 0. The highest BCUT2D eigenvalue weighted by molar-refractivity contribution is 5.87. The molecule has 0 N–H and O–H groups in total. The van der Waals surface area contributed by atoms with Crippen LogP contribution in [-0.2, 0) is 12.8 Å². The van der Waals surface area contributed by atoms with Crippen molar-refractivity contribution in [3.05, 3.63) is 72.6 Å². The Labute approximate surface area is 161 Å². The monoisotopic (exact) mass is 362 g/mol. The van der Waals surface area contributed by atoms with E-state index in [0.29, 0.717) is 6.42 Å². The van der Waals surface area contributed by atoms with Crippen LogP contribution in [0.3, 0.4) is 0 Å². The van der Waals surface area contributed by atoms with Crippen LogP contribution in [-0.4, -0.2) is 16.1 Å². The van der Waals surface area contributed by atoms with Crippen LogP contribution in [0.2, 0.25) is 0 Å². The Balaban J connectivity index is 1.66. The van der Waals surface area contributed by atoms with E-state index in [1.54, 1.807) is 6.92 Å². The van der Waals surface area contributed by atoms with Crippen LogP contribution in [0.4, 0.5) is 4.39 Å². The number of aromatic nitrogens is 2. The number of nitrogens with zero attached hydrogens (tertiary/aromatic N) is 2. The Morgan fingerprint density at radius 1 is 0.963 bits per heavy atom. The van der Waals surface area contributed by atoms with Gasteiger partial charge in [-0.25, -0.2) is 14.4 Å². The van der Waals surface area contributed by atoms with Crippen molar-refractivity contribution in [3.63, 3.8) is 0 Å². The summed E-state index contributed by atoms with van der Waals surface area (Å²) in [4.78, 5) is 8.95. The number of halogens is 1. The molecule has 0 bridgehead atoms. The average molecular weight is 362 g/mol. The van der Waals surface area contributed by atoms with Crippen molar-refractivity contribution in [3.8, 4) is 11.4 Å². The zero-order chi connectivity index (χ0) is 19.1. The van der Waals surface area contributed by atoms with Gasteiger partial charge in [0.05, 0.1) is 6.17 Å². The normalized spacial score (nSPS) is 12.2. The zero-order valence-electron chi connectivity index (χ0n) is 16.0. The van der Waals surface area contributed by atoms with Crippen molar-refractivity contribution >= 4 is 10.8 Å². The smallest absolute Gasteiger partial charge is 0.159 e. The van der Waals surface area contributed by atoms with Crippen molar-refractivity contribution in [1.82, 2.24) is 9.97 Å². The molecule has 0 spiro atoms. The lowest BCUT2D eigenvalue weighted by atomic mass is 10.0. The second-order valence-electron chi connectivity index (χ2n) is 7.18. The minimum absolute atomic E-state index is 0.678. The van der Waals surface area contributed by atoms with Crippen LogP contribution < -0.4 is 0 Å². The number of allylic oxidation sites excluding steroid dienone is 1. The molecule has 0 fully saturated rings. The van der Waals surface area contributed by atoms with Gasteiger partial charge in [-0.15, -0.1) is 6.58 Å². The SMILES string of the molecule is C=CCc1cnc(-c2ccc3cc(CCCCCC(C)F)ccc3c2)nc1. The first-order valence-corrected chi connectivity index (χ1v) is 9.74. The van der Waals surface area contributed by atoms with Crippen molar-refractivity contribution in [2.75, 3.05) is 0 Å². The van der Waals surface area contributed by atoms with Gasteiger partial charge < -0.3 is 0 Å². The maximum absolute atomic E-state index is 12.8. The number of aryl methyl sites for hydroxylation is 1. The van der Waals surface area contributed by atoms with Gasteiger partial charge in [0.1, 0.15) is 0 Å². The predicted molar refractivity (Wildman–Crippen MR) is 112 cm³/mol. The molecule has 1 aromatic heterocycles. The Kier molecular flexibility index (Phi) is 6.69. The van der Waals surface area contributed by atoms with Crippen LogP contribution in [0, 0.1) is 0 Å². The first kappa shape index (κ1) is 19.2. The van der Waals surface area contributed by atoms with Crippen LogP contribution in [0.25, 0.3) is 22.2 Å². The molecule has 3 rings (SSSR count). The van der Waals surface area contributed by atoms with E-state index in [0.717, 1.165) is 49.1 Å². The fourth-order valence-corrected chi connectivity index (χ4v) is 3.30. The number of benzene rings is 2. The quantitative estimate of drug-likeness (QED) is 0.321. The molecule has 1 atom stereocenters. The molecular weight excluding hydrogens is 335 g/mol. The number of hydrogen-bond acceptors (Lipinski definition) is 2. The predicted octanol–water partition coefficient (Wildman–Crippen LogP) is 6.49. The van der Waals surface area contributed by atoms with Gasteiger partial charge in [0.2, 0.25) is 0 Å². The van der Waals surface area contributed by atoms with E-state index in [9.17, 15) is 4.39 Å². The lowest BCUT2D eigenvalue weighted by molar-refractivity contribution is 0.330. The Hall–Kier alpha value is -2.55. The second-order valence-corrected chi connectivity index (χ2v) is 7.18. The molecule has 0 aliphatic carbocycles. The van der Waals surface area contributed by atoms with Crippen molar-refractivity contribution in [2.24, 2.45) is 0 Å². The maximum atomic E-state index is 12.8. The minimum atomic E-state index is -0.679. The van der Waals surface area contributed by atoms with Gasteiger partial charge in [-0.3, -0.25) is 0 Å². The fraction of sp³-hybridized carbons (Fsp3) is 0.333. The summed E-state index contributed by atoms with van der Waals surface area (Å²) in [5.41, 5.74) is 3.44. The van der Waals surface area contributed by atoms with E-state index in [1.165, 1.54) is 16.3 Å². The number of hydrogen-bond donors (Lipinski definition) is 0. The van der Waals surface area contributed by atoms with Crippen molar-refractivity contribution in [1.29, 1.82) is 0 Å². The molecule has 2 aromatic carbocycles. The van der Waals surface area contributed by atoms with Crippen LogP contribution >= 0.6 is 0 Å². The number of alkyl halides is 1. The third-order valence-electron chi connectivity index (χ3n) is 4.82. The summed E-state index contributed by atoms with van der Waals surface area (Å²) in [5.74, 6) is 0.746. The minimum Gasteiger partial charge on any atom is -0.248 e. The molecule has 140 valence electrons. The number of rotatable bonds is 9. The van der Waals surface area contributed by atoms with E-state index in [4.69, 9.17) is 0 Å². The van der Waals surface area contributed by atoms with Gasteiger partial charge in [-0.1, -0.05) is 49.2 Å². The van der Waals surface area contributed by atoms with E-state index in [-0.39, 0.29) is 0 Å². The van der Waals surface area contributed by atoms with E-state index in [2.05, 4.69) is 52.9 Å². The molecule has 0 saturated carbocycles. The van der Waals surface area contributed by atoms with Crippen LogP contribution in [0.5, 0.6) is 0 Å². The third kappa shape index (κ3) is 5.46. The van der Waals surface area contributed by atoms with E-state index >= 15 is 0 Å². The zero-order valence-corrected chi connectivity index (χ0v) is 16.0. The third-order valence-corrected chi connectivity index (χ3v) is 4.82. The van der Waals surface area contributed by atoms with Gasteiger partial charge >= 0.3 is 0 Å². The molecule has 3 aromatic rings. The number of unbranched alkanes of at least 4 members (excludes halogenated alkanes) is 2. The second kappa shape index (κ2) is 9.40. The molecule has 1 unspecified atom stereocenters. The average Bonchev–Trinajstić information content (AvgIpc) is 2.68. The highest BCUT2D eigenvalue weighted by Crippen LogP contribution is 2.24. The first-order valence-electron chi connectivity index (χ1n) is 9.74. The molecular formula is C24H27FN2. The summed E-state index contributed by atoms with van der Waals surface area (Å²) in [5, 5.41) is 2.43. The summed E-state index contributed by atoms with van der Waals surface area (Å²) in [6.45, 7) is 5.38. The molecule has 27 heavy (non-hydrogen) atoms. The van der Waals surface area contributed by atoms with E-state index < -0.39 is 6.17 Å². The Morgan fingerprint density at radius 3 is 2.44 bits per heavy atom. The fourth-order valence-electron chi connectivity index (χ4n) is 3.30. The molecule has 0 radical (unpaired) electrons. The summed E-state index contributed by atoms with van der Waals surface area (Å²) < 4.78 is 12.8.